The fourth-order valence-electron chi connectivity index (χ4n) is 1.67. The number of benzene rings is 1. The Hall–Kier alpha value is -1.22. The van der Waals surface area contributed by atoms with Crippen LogP contribution in [-0.4, -0.2) is 33.3 Å². The van der Waals surface area contributed by atoms with Gasteiger partial charge in [0.2, 0.25) is 0 Å². The molecular weight excluding hydrogens is 212 g/mol. The summed E-state index contributed by atoms with van der Waals surface area (Å²) < 4.78 is 5.62. The second-order valence-corrected chi connectivity index (χ2v) is 4.54. The van der Waals surface area contributed by atoms with E-state index in [2.05, 4.69) is 29.4 Å². The zero-order chi connectivity index (χ0) is 12.7. The molecule has 0 unspecified atom stereocenters. The average molecular weight is 236 g/mol. The summed E-state index contributed by atoms with van der Waals surface area (Å²) in [6, 6.07) is 8.28. The highest BCUT2D eigenvalue weighted by Crippen LogP contribution is 2.19. The lowest BCUT2D eigenvalue weighted by molar-refractivity contribution is 0.242. The fraction of sp³-hybridized carbons (Fsp3) is 0.571. The molecule has 3 heteroatoms. The van der Waals surface area contributed by atoms with Gasteiger partial charge in [-0.2, -0.15) is 0 Å². The smallest absolute Gasteiger partial charge is 0.119 e. The Labute approximate surface area is 105 Å². The number of ether oxygens (including phenoxy) is 1. The molecule has 0 aliphatic rings. The summed E-state index contributed by atoms with van der Waals surface area (Å²) in [6.45, 7) is 6.19. The highest BCUT2D eigenvalue weighted by atomic mass is 16.5. The number of anilines is 1. The van der Waals surface area contributed by atoms with Crippen LogP contribution in [0.2, 0.25) is 0 Å². The van der Waals surface area contributed by atoms with Crippen molar-refractivity contribution in [3.8, 4) is 5.75 Å². The molecule has 1 N–H and O–H groups in total. The van der Waals surface area contributed by atoms with E-state index in [1.807, 2.05) is 33.0 Å². The maximum absolute atomic E-state index is 5.62. The van der Waals surface area contributed by atoms with Crippen molar-refractivity contribution in [2.75, 3.05) is 32.1 Å². The Morgan fingerprint density at radius 2 is 1.88 bits per heavy atom. The van der Waals surface area contributed by atoms with Gasteiger partial charge in [-0.1, -0.05) is 0 Å². The van der Waals surface area contributed by atoms with Gasteiger partial charge in [0.1, 0.15) is 5.75 Å². The van der Waals surface area contributed by atoms with Crippen LogP contribution in [0.25, 0.3) is 0 Å². The van der Waals surface area contributed by atoms with Crippen molar-refractivity contribution < 1.29 is 4.74 Å². The molecule has 17 heavy (non-hydrogen) atoms. The van der Waals surface area contributed by atoms with E-state index in [1.165, 1.54) is 5.69 Å². The monoisotopic (exact) mass is 236 g/mol. The van der Waals surface area contributed by atoms with Crippen LogP contribution in [0.5, 0.6) is 5.75 Å². The quantitative estimate of drug-likeness (QED) is 0.736. The maximum atomic E-state index is 5.62. The lowest BCUT2D eigenvalue weighted by atomic mass is 10.2. The molecule has 0 aromatic heterocycles. The molecule has 0 fully saturated rings. The molecule has 0 saturated heterocycles. The van der Waals surface area contributed by atoms with Crippen LogP contribution in [0.4, 0.5) is 5.69 Å². The van der Waals surface area contributed by atoms with Gasteiger partial charge in [-0.3, -0.25) is 0 Å². The molecule has 0 amide bonds. The van der Waals surface area contributed by atoms with Crippen molar-refractivity contribution in [3.63, 3.8) is 0 Å². The molecule has 0 atom stereocenters. The van der Waals surface area contributed by atoms with E-state index in [1.54, 1.807) is 0 Å². The molecule has 0 bridgehead atoms. The number of rotatable bonds is 7. The van der Waals surface area contributed by atoms with Crippen molar-refractivity contribution in [1.82, 2.24) is 5.32 Å². The first-order valence-corrected chi connectivity index (χ1v) is 6.26. The normalized spacial score (nSPS) is 10.6. The second kappa shape index (κ2) is 7.17. The summed E-state index contributed by atoms with van der Waals surface area (Å²) in [7, 11) is 4.10. The highest BCUT2D eigenvalue weighted by molar-refractivity contribution is 5.48. The Balaban J connectivity index is 2.48. The summed E-state index contributed by atoms with van der Waals surface area (Å²) in [5.41, 5.74) is 1.23. The van der Waals surface area contributed by atoms with Crippen molar-refractivity contribution in [2.24, 2.45) is 0 Å². The topological polar surface area (TPSA) is 24.5 Å². The average Bonchev–Trinajstić information content (AvgIpc) is 2.29. The van der Waals surface area contributed by atoms with E-state index < -0.39 is 0 Å². The third-order valence-electron chi connectivity index (χ3n) is 2.57. The first-order chi connectivity index (χ1) is 8.13. The molecular formula is C14H24N2O. The van der Waals surface area contributed by atoms with E-state index in [0.717, 1.165) is 25.3 Å². The van der Waals surface area contributed by atoms with E-state index >= 15 is 0 Å². The zero-order valence-electron chi connectivity index (χ0n) is 11.4. The van der Waals surface area contributed by atoms with Crippen LogP contribution < -0.4 is 15.0 Å². The van der Waals surface area contributed by atoms with Gasteiger partial charge in [-0.05, 0) is 58.1 Å². The van der Waals surface area contributed by atoms with Crippen molar-refractivity contribution >= 4 is 5.69 Å². The molecule has 0 saturated carbocycles. The predicted octanol–water partition coefficient (Wildman–Crippen LogP) is 2.52. The summed E-state index contributed by atoms with van der Waals surface area (Å²) in [5.74, 6) is 0.937. The van der Waals surface area contributed by atoms with Gasteiger partial charge in [0.25, 0.3) is 0 Å². The molecule has 0 heterocycles. The highest BCUT2D eigenvalue weighted by Gasteiger charge is 2.02. The number of nitrogens with one attached hydrogen (secondary N) is 1. The van der Waals surface area contributed by atoms with Gasteiger partial charge in [0.15, 0.2) is 0 Å². The zero-order valence-corrected chi connectivity index (χ0v) is 11.4. The molecule has 0 aliphatic carbocycles. The predicted molar refractivity (Wildman–Crippen MR) is 74.0 cm³/mol. The minimum atomic E-state index is 0.231. The number of nitrogens with zero attached hydrogens (tertiary/aromatic N) is 1. The minimum absolute atomic E-state index is 0.231. The van der Waals surface area contributed by atoms with Gasteiger partial charge in [-0.15, -0.1) is 0 Å². The molecule has 1 aromatic carbocycles. The van der Waals surface area contributed by atoms with Crippen molar-refractivity contribution in [1.29, 1.82) is 0 Å². The Morgan fingerprint density at radius 3 is 2.41 bits per heavy atom. The van der Waals surface area contributed by atoms with Crippen LogP contribution >= 0.6 is 0 Å². The van der Waals surface area contributed by atoms with Crippen LogP contribution in [0.3, 0.4) is 0 Å². The van der Waals surface area contributed by atoms with E-state index in [4.69, 9.17) is 4.74 Å². The minimum Gasteiger partial charge on any atom is -0.491 e. The Bertz CT molecular complexity index is 309. The first kappa shape index (κ1) is 13.8. The SMILES string of the molecule is CNCCCN(C)c1ccc(OC(C)C)cc1. The summed E-state index contributed by atoms with van der Waals surface area (Å²) in [5, 5.41) is 3.16. The Kier molecular flexibility index (Phi) is 5.84. The molecule has 0 radical (unpaired) electrons. The Morgan fingerprint density at radius 1 is 1.24 bits per heavy atom. The molecule has 0 aliphatic heterocycles. The largest absolute Gasteiger partial charge is 0.491 e. The lowest BCUT2D eigenvalue weighted by Gasteiger charge is -2.19. The number of hydrogen-bond acceptors (Lipinski definition) is 3. The second-order valence-electron chi connectivity index (χ2n) is 4.54. The third kappa shape index (κ3) is 5.09. The summed E-state index contributed by atoms with van der Waals surface area (Å²) >= 11 is 0. The number of hydrogen-bond donors (Lipinski definition) is 1. The van der Waals surface area contributed by atoms with Gasteiger partial charge in [0.05, 0.1) is 6.10 Å². The summed E-state index contributed by atoms with van der Waals surface area (Å²) in [6.07, 6.45) is 1.38. The lowest BCUT2D eigenvalue weighted by Crippen LogP contribution is -2.22. The van der Waals surface area contributed by atoms with Gasteiger partial charge in [0, 0.05) is 19.3 Å². The van der Waals surface area contributed by atoms with Crippen molar-refractivity contribution in [3.05, 3.63) is 24.3 Å². The molecule has 0 spiro atoms. The van der Waals surface area contributed by atoms with E-state index in [9.17, 15) is 0 Å². The van der Waals surface area contributed by atoms with Gasteiger partial charge < -0.3 is 15.0 Å². The molecule has 1 rings (SSSR count). The van der Waals surface area contributed by atoms with Crippen LogP contribution in [-0.2, 0) is 0 Å². The molecule has 96 valence electrons. The van der Waals surface area contributed by atoms with Crippen molar-refractivity contribution in [2.45, 2.75) is 26.4 Å². The molecule has 1 aromatic rings. The first-order valence-electron chi connectivity index (χ1n) is 6.26. The molecule has 3 nitrogen and oxygen atoms in total. The summed E-state index contributed by atoms with van der Waals surface area (Å²) in [4.78, 5) is 2.26. The van der Waals surface area contributed by atoms with E-state index in [-0.39, 0.29) is 6.10 Å². The van der Waals surface area contributed by atoms with E-state index in [0.29, 0.717) is 0 Å². The van der Waals surface area contributed by atoms with Crippen LogP contribution in [0.15, 0.2) is 24.3 Å². The van der Waals surface area contributed by atoms with Crippen LogP contribution in [0, 0.1) is 0 Å². The van der Waals surface area contributed by atoms with Gasteiger partial charge >= 0.3 is 0 Å². The maximum Gasteiger partial charge on any atom is 0.119 e. The van der Waals surface area contributed by atoms with Gasteiger partial charge in [-0.25, -0.2) is 0 Å². The third-order valence-corrected chi connectivity index (χ3v) is 2.57. The fourth-order valence-corrected chi connectivity index (χ4v) is 1.67. The van der Waals surface area contributed by atoms with Crippen LogP contribution in [0.1, 0.15) is 20.3 Å². The standard InChI is InChI=1S/C14H24N2O/c1-12(2)17-14-8-6-13(7-9-14)16(4)11-5-10-15-3/h6-9,12,15H,5,10-11H2,1-4H3.